The van der Waals surface area contributed by atoms with Gasteiger partial charge in [-0.25, -0.2) is 9.90 Å². The van der Waals surface area contributed by atoms with Crippen LogP contribution >= 0.6 is 0 Å². The van der Waals surface area contributed by atoms with Gasteiger partial charge in [0.1, 0.15) is 6.10 Å². The molecule has 1 rings (SSSR count). The second-order valence-corrected chi connectivity index (χ2v) is 3.60. The van der Waals surface area contributed by atoms with Gasteiger partial charge in [-0.05, 0) is 25.7 Å². The monoisotopic (exact) mass is 185 g/mol. The Hall–Kier alpha value is -0.570. The van der Waals surface area contributed by atoms with Crippen LogP contribution in [0.5, 0.6) is 0 Å². The molecule has 0 bridgehead atoms. The number of carbonyl (C=O) groups excluding carboxylic acids is 1. The molecule has 0 aromatic carbocycles. The van der Waals surface area contributed by atoms with Crippen molar-refractivity contribution >= 4 is 5.97 Å². The lowest BCUT2D eigenvalue weighted by Gasteiger charge is -2.19. The normalized spacial score (nSPS) is 20.4. The Morgan fingerprint density at radius 1 is 1.08 bits per heavy atom. The zero-order valence-corrected chi connectivity index (χ0v) is 7.96. The molecule has 0 atom stereocenters. The second kappa shape index (κ2) is 5.97. The van der Waals surface area contributed by atoms with Gasteiger partial charge in [-0.1, -0.05) is 19.3 Å². The van der Waals surface area contributed by atoms with Crippen molar-refractivity contribution in [2.45, 2.75) is 51.0 Å². The van der Waals surface area contributed by atoms with Gasteiger partial charge >= 0.3 is 5.97 Å². The molecule has 0 heterocycles. The van der Waals surface area contributed by atoms with Gasteiger partial charge in [0, 0.05) is 0 Å². The fourth-order valence-corrected chi connectivity index (χ4v) is 1.76. The van der Waals surface area contributed by atoms with Crippen molar-refractivity contribution in [3.8, 4) is 0 Å². The molecule has 0 amide bonds. The average Bonchev–Trinajstić information content (AvgIpc) is 2.09. The van der Waals surface area contributed by atoms with Crippen LogP contribution in [0.1, 0.15) is 44.9 Å². The van der Waals surface area contributed by atoms with Gasteiger partial charge in [0.15, 0.2) is 6.61 Å². The summed E-state index contributed by atoms with van der Waals surface area (Å²) in [6.45, 7) is -0.740. The smallest absolute Gasteiger partial charge is 0.335 e. The van der Waals surface area contributed by atoms with Gasteiger partial charge in [0.2, 0.25) is 0 Å². The van der Waals surface area contributed by atoms with E-state index in [9.17, 15) is 9.90 Å². The molecule has 3 nitrogen and oxygen atoms in total. The van der Waals surface area contributed by atoms with E-state index in [0.29, 0.717) is 0 Å². The molecule has 0 aliphatic heterocycles. The minimum atomic E-state index is -0.740. The second-order valence-electron chi connectivity index (χ2n) is 3.60. The third-order valence-corrected chi connectivity index (χ3v) is 2.47. The molecule has 0 aromatic rings. The van der Waals surface area contributed by atoms with E-state index in [1.54, 1.807) is 0 Å². The Bertz CT molecular complexity index is 148. The van der Waals surface area contributed by atoms with E-state index in [1.807, 2.05) is 0 Å². The first-order valence-electron chi connectivity index (χ1n) is 5.10. The van der Waals surface area contributed by atoms with Crippen molar-refractivity contribution in [1.82, 2.24) is 0 Å². The molecule has 0 saturated heterocycles. The summed E-state index contributed by atoms with van der Waals surface area (Å²) < 4.78 is 5.02. The van der Waals surface area contributed by atoms with Gasteiger partial charge in [0.05, 0.1) is 0 Å². The highest BCUT2D eigenvalue weighted by Gasteiger charge is 2.15. The predicted molar refractivity (Wildman–Crippen MR) is 47.8 cm³/mol. The lowest BCUT2D eigenvalue weighted by atomic mass is 9.99. The van der Waals surface area contributed by atoms with Crippen LogP contribution in [-0.2, 0) is 14.6 Å². The molecule has 0 spiro atoms. The Morgan fingerprint density at radius 3 is 2.15 bits per heavy atom. The minimum absolute atomic E-state index is 0.0155. The summed E-state index contributed by atoms with van der Waals surface area (Å²) in [6.07, 6.45) is 7.88. The quantitative estimate of drug-likeness (QED) is 0.618. The van der Waals surface area contributed by atoms with Crippen LogP contribution in [0, 0.1) is 0 Å². The van der Waals surface area contributed by atoms with E-state index >= 15 is 0 Å². The van der Waals surface area contributed by atoms with Gasteiger partial charge in [-0.3, -0.25) is 0 Å². The maximum atomic E-state index is 10.7. The zero-order chi connectivity index (χ0) is 9.52. The molecular weight excluding hydrogens is 168 g/mol. The predicted octanol–water partition coefficient (Wildman–Crippen LogP) is 2.07. The molecule has 1 fully saturated rings. The summed E-state index contributed by atoms with van der Waals surface area (Å²) in [7, 11) is 0. The molecule has 0 N–H and O–H groups in total. The molecule has 3 heteroatoms. The van der Waals surface area contributed by atoms with Crippen molar-refractivity contribution in [2.75, 3.05) is 6.61 Å². The van der Waals surface area contributed by atoms with Crippen LogP contribution < -0.4 is 0 Å². The lowest BCUT2D eigenvalue weighted by Crippen LogP contribution is -2.20. The van der Waals surface area contributed by atoms with Crippen LogP contribution in [0.2, 0.25) is 0 Å². The Kier molecular flexibility index (Phi) is 4.83. The van der Waals surface area contributed by atoms with Crippen molar-refractivity contribution in [1.29, 1.82) is 0 Å². The standard InChI is InChI=1S/C10H17O3/c11-8-10(12)13-9-6-4-2-1-3-5-7-9/h9H,1-8H2. The molecule has 1 aliphatic rings. The topological polar surface area (TPSA) is 46.2 Å². The highest BCUT2D eigenvalue weighted by atomic mass is 16.6. The van der Waals surface area contributed by atoms with Crippen molar-refractivity contribution in [3.63, 3.8) is 0 Å². The van der Waals surface area contributed by atoms with Crippen molar-refractivity contribution < 1.29 is 14.6 Å². The number of ether oxygens (including phenoxy) is 1. The molecule has 0 unspecified atom stereocenters. The summed E-state index contributed by atoms with van der Waals surface area (Å²) >= 11 is 0. The largest absolute Gasteiger partial charge is 0.461 e. The maximum Gasteiger partial charge on any atom is 0.335 e. The summed E-state index contributed by atoms with van der Waals surface area (Å²) in [4.78, 5) is 10.7. The molecule has 75 valence electrons. The third-order valence-electron chi connectivity index (χ3n) is 2.47. The molecule has 0 aromatic heterocycles. The van der Waals surface area contributed by atoms with E-state index in [0.717, 1.165) is 25.7 Å². The first-order chi connectivity index (χ1) is 6.33. The highest BCUT2D eigenvalue weighted by molar-refractivity contribution is 5.70. The lowest BCUT2D eigenvalue weighted by molar-refractivity contribution is -0.155. The number of esters is 1. The first kappa shape index (κ1) is 10.5. The van der Waals surface area contributed by atoms with E-state index in [1.165, 1.54) is 19.3 Å². The van der Waals surface area contributed by atoms with E-state index in [2.05, 4.69) is 0 Å². The number of hydrogen-bond donors (Lipinski definition) is 0. The van der Waals surface area contributed by atoms with Gasteiger partial charge in [-0.15, -0.1) is 0 Å². The molecular formula is C10H17O3. The molecule has 1 saturated carbocycles. The fraction of sp³-hybridized carbons (Fsp3) is 0.900. The van der Waals surface area contributed by atoms with E-state index in [-0.39, 0.29) is 6.10 Å². The van der Waals surface area contributed by atoms with Crippen LogP contribution in [0.25, 0.3) is 0 Å². The molecule has 13 heavy (non-hydrogen) atoms. The fourth-order valence-electron chi connectivity index (χ4n) is 1.76. The average molecular weight is 185 g/mol. The summed E-state index contributed by atoms with van der Waals surface area (Å²) in [5, 5.41) is 10.2. The van der Waals surface area contributed by atoms with Gasteiger partial charge in [-0.2, -0.15) is 0 Å². The van der Waals surface area contributed by atoms with Crippen molar-refractivity contribution in [2.24, 2.45) is 0 Å². The molecule has 1 aliphatic carbocycles. The van der Waals surface area contributed by atoms with E-state index in [4.69, 9.17) is 4.74 Å². The van der Waals surface area contributed by atoms with Crippen LogP contribution in [-0.4, -0.2) is 18.7 Å². The Balaban J connectivity index is 2.25. The Labute approximate surface area is 79.1 Å². The number of carbonyl (C=O) groups is 1. The van der Waals surface area contributed by atoms with E-state index < -0.39 is 12.6 Å². The SMILES string of the molecule is [O]CC(=O)OC1CCCCCCC1. The Morgan fingerprint density at radius 2 is 1.62 bits per heavy atom. The minimum Gasteiger partial charge on any atom is -0.461 e. The van der Waals surface area contributed by atoms with Gasteiger partial charge < -0.3 is 4.74 Å². The zero-order valence-electron chi connectivity index (χ0n) is 7.96. The van der Waals surface area contributed by atoms with Crippen LogP contribution in [0.15, 0.2) is 0 Å². The third kappa shape index (κ3) is 4.27. The number of rotatable bonds is 2. The first-order valence-corrected chi connectivity index (χ1v) is 5.10. The highest BCUT2D eigenvalue weighted by Crippen LogP contribution is 2.19. The summed E-state index contributed by atoms with van der Waals surface area (Å²) in [6, 6.07) is 0. The maximum absolute atomic E-state index is 10.7. The van der Waals surface area contributed by atoms with Crippen LogP contribution in [0.3, 0.4) is 0 Å². The summed E-state index contributed by atoms with van der Waals surface area (Å²) in [5.41, 5.74) is 0. The van der Waals surface area contributed by atoms with Crippen LogP contribution in [0.4, 0.5) is 0 Å². The van der Waals surface area contributed by atoms with Crippen molar-refractivity contribution in [3.05, 3.63) is 0 Å². The van der Waals surface area contributed by atoms with Gasteiger partial charge in [0.25, 0.3) is 0 Å². The molecule has 1 radical (unpaired) electrons. The number of hydrogen-bond acceptors (Lipinski definition) is 2. The summed E-state index contributed by atoms with van der Waals surface area (Å²) in [5.74, 6) is -0.592.